The number of hydrogen-bond donors (Lipinski definition) is 1. The second-order valence-electron chi connectivity index (χ2n) is 7.39. The Balaban J connectivity index is 1.53. The van der Waals surface area contributed by atoms with Crippen molar-refractivity contribution in [1.82, 2.24) is 9.88 Å². The van der Waals surface area contributed by atoms with Crippen molar-refractivity contribution in [3.05, 3.63) is 59.9 Å². The number of ether oxygens (including phenoxy) is 1. The van der Waals surface area contributed by atoms with Gasteiger partial charge in [0.05, 0.1) is 0 Å². The molecule has 1 unspecified atom stereocenters. The zero-order valence-corrected chi connectivity index (χ0v) is 14.6. The van der Waals surface area contributed by atoms with Gasteiger partial charge in [-0.05, 0) is 35.6 Å². The number of likely N-dealkylation sites (tertiary alicyclic amines) is 1. The quantitative estimate of drug-likeness (QED) is 0.917. The van der Waals surface area contributed by atoms with Gasteiger partial charge in [-0.2, -0.15) is 0 Å². The van der Waals surface area contributed by atoms with Crippen LogP contribution >= 0.6 is 0 Å². The molecule has 2 aromatic rings. The van der Waals surface area contributed by atoms with Crippen LogP contribution in [-0.4, -0.2) is 29.0 Å². The normalized spacial score (nSPS) is 20.7. The molecule has 1 aliphatic rings. The van der Waals surface area contributed by atoms with Crippen LogP contribution in [-0.2, 0) is 13.2 Å². The second-order valence-corrected chi connectivity index (χ2v) is 7.39. The Morgan fingerprint density at radius 1 is 1.21 bits per heavy atom. The van der Waals surface area contributed by atoms with Crippen LogP contribution in [0.15, 0.2) is 48.8 Å². The smallest absolute Gasteiger partial charge is 0.119 e. The van der Waals surface area contributed by atoms with Gasteiger partial charge < -0.3 is 10.5 Å². The van der Waals surface area contributed by atoms with E-state index in [1.54, 1.807) is 6.20 Å². The van der Waals surface area contributed by atoms with E-state index >= 15 is 0 Å². The highest BCUT2D eigenvalue weighted by Crippen LogP contribution is 2.28. The van der Waals surface area contributed by atoms with Crippen LogP contribution in [0.25, 0.3) is 0 Å². The maximum absolute atomic E-state index is 6.22. The molecule has 1 fully saturated rings. The third kappa shape index (κ3) is 4.34. The van der Waals surface area contributed by atoms with E-state index in [2.05, 4.69) is 35.9 Å². The largest absolute Gasteiger partial charge is 0.489 e. The highest BCUT2D eigenvalue weighted by Gasteiger charge is 2.33. The van der Waals surface area contributed by atoms with Crippen LogP contribution in [0.4, 0.5) is 0 Å². The fraction of sp³-hybridized carbons (Fsp3) is 0.450. The van der Waals surface area contributed by atoms with Crippen LogP contribution in [0, 0.1) is 5.41 Å². The first kappa shape index (κ1) is 16.9. The molecular weight excluding hydrogens is 298 g/mol. The Kier molecular flexibility index (Phi) is 5.17. The first-order valence-corrected chi connectivity index (χ1v) is 8.61. The van der Waals surface area contributed by atoms with Crippen molar-refractivity contribution < 1.29 is 4.74 Å². The Morgan fingerprint density at radius 3 is 2.67 bits per heavy atom. The van der Waals surface area contributed by atoms with Crippen molar-refractivity contribution in [1.29, 1.82) is 0 Å². The van der Waals surface area contributed by atoms with Gasteiger partial charge in [-0.15, -0.1) is 0 Å². The lowest BCUT2D eigenvalue weighted by atomic mass is 9.79. The number of aromatic nitrogens is 1. The van der Waals surface area contributed by atoms with E-state index in [1.165, 1.54) is 5.56 Å². The highest BCUT2D eigenvalue weighted by molar-refractivity contribution is 5.27. The SMILES string of the molecule is CC1(C)CN(Cc2ccc(OCc3cccnc3)cc2)CCC1N. The Labute approximate surface area is 144 Å². The van der Waals surface area contributed by atoms with Gasteiger partial charge in [0.2, 0.25) is 0 Å². The first-order valence-electron chi connectivity index (χ1n) is 8.61. The van der Waals surface area contributed by atoms with E-state index in [4.69, 9.17) is 10.5 Å². The number of nitrogens with zero attached hydrogens (tertiary/aromatic N) is 2. The maximum atomic E-state index is 6.22. The summed E-state index contributed by atoms with van der Waals surface area (Å²) >= 11 is 0. The summed E-state index contributed by atoms with van der Waals surface area (Å²) in [6.07, 6.45) is 4.67. The molecule has 4 heteroatoms. The molecule has 0 aliphatic carbocycles. The number of benzene rings is 1. The number of rotatable bonds is 5. The molecule has 24 heavy (non-hydrogen) atoms. The monoisotopic (exact) mass is 325 g/mol. The molecule has 0 spiro atoms. The zero-order valence-electron chi connectivity index (χ0n) is 14.6. The second kappa shape index (κ2) is 7.32. The summed E-state index contributed by atoms with van der Waals surface area (Å²) in [6.45, 7) is 8.17. The van der Waals surface area contributed by atoms with E-state index < -0.39 is 0 Å². The molecule has 0 saturated carbocycles. The summed E-state index contributed by atoms with van der Waals surface area (Å²) < 4.78 is 5.81. The molecule has 0 radical (unpaired) electrons. The summed E-state index contributed by atoms with van der Waals surface area (Å²) in [7, 11) is 0. The van der Waals surface area contributed by atoms with E-state index in [9.17, 15) is 0 Å². The molecule has 2 heterocycles. The minimum absolute atomic E-state index is 0.186. The van der Waals surface area contributed by atoms with Crippen LogP contribution in [0.1, 0.15) is 31.4 Å². The Morgan fingerprint density at radius 2 is 2.00 bits per heavy atom. The summed E-state index contributed by atoms with van der Waals surface area (Å²) in [5.41, 5.74) is 8.80. The summed E-state index contributed by atoms with van der Waals surface area (Å²) in [5, 5.41) is 0. The lowest BCUT2D eigenvalue weighted by Crippen LogP contribution is -2.52. The van der Waals surface area contributed by atoms with E-state index in [0.717, 1.165) is 37.4 Å². The fourth-order valence-electron chi connectivity index (χ4n) is 3.22. The van der Waals surface area contributed by atoms with Gasteiger partial charge in [0.15, 0.2) is 0 Å². The molecule has 0 bridgehead atoms. The maximum Gasteiger partial charge on any atom is 0.119 e. The van der Waals surface area contributed by atoms with Crippen LogP contribution < -0.4 is 10.5 Å². The van der Waals surface area contributed by atoms with Gasteiger partial charge in [0, 0.05) is 43.6 Å². The molecule has 4 nitrogen and oxygen atoms in total. The van der Waals surface area contributed by atoms with Crippen molar-refractivity contribution >= 4 is 0 Å². The molecular formula is C20H27N3O. The minimum Gasteiger partial charge on any atom is -0.489 e. The molecule has 3 rings (SSSR count). The van der Waals surface area contributed by atoms with E-state index in [1.807, 2.05) is 30.5 Å². The van der Waals surface area contributed by atoms with Crippen molar-refractivity contribution in [2.24, 2.45) is 11.1 Å². The topological polar surface area (TPSA) is 51.4 Å². The molecule has 1 aliphatic heterocycles. The molecule has 1 atom stereocenters. The number of pyridine rings is 1. The standard InChI is InChI=1S/C20H27N3O/c1-20(2)15-23(11-9-19(20)21)13-16-5-7-18(8-6-16)24-14-17-4-3-10-22-12-17/h3-8,10,12,19H,9,11,13-15,21H2,1-2H3. The van der Waals surface area contributed by atoms with E-state index in [-0.39, 0.29) is 5.41 Å². The number of nitrogens with two attached hydrogens (primary N) is 1. The molecule has 1 aromatic carbocycles. The number of hydrogen-bond acceptors (Lipinski definition) is 4. The number of piperidine rings is 1. The van der Waals surface area contributed by atoms with Crippen molar-refractivity contribution in [2.45, 2.75) is 39.5 Å². The Bertz CT molecular complexity index is 640. The van der Waals surface area contributed by atoms with E-state index in [0.29, 0.717) is 12.6 Å². The zero-order chi connectivity index (χ0) is 17.0. The van der Waals surface area contributed by atoms with Gasteiger partial charge in [0.25, 0.3) is 0 Å². The molecule has 1 saturated heterocycles. The highest BCUT2D eigenvalue weighted by atomic mass is 16.5. The van der Waals surface area contributed by atoms with Gasteiger partial charge in [-0.3, -0.25) is 9.88 Å². The summed E-state index contributed by atoms with van der Waals surface area (Å²) in [4.78, 5) is 6.59. The average Bonchev–Trinajstić information content (AvgIpc) is 2.58. The molecule has 128 valence electrons. The van der Waals surface area contributed by atoms with Crippen LogP contribution in [0.2, 0.25) is 0 Å². The predicted octanol–water partition coefficient (Wildman–Crippen LogP) is 3.22. The van der Waals surface area contributed by atoms with Crippen molar-refractivity contribution in [3.8, 4) is 5.75 Å². The van der Waals surface area contributed by atoms with Crippen molar-refractivity contribution in [2.75, 3.05) is 13.1 Å². The first-order chi connectivity index (χ1) is 11.5. The van der Waals surface area contributed by atoms with Gasteiger partial charge >= 0.3 is 0 Å². The summed E-state index contributed by atoms with van der Waals surface area (Å²) in [5.74, 6) is 0.892. The van der Waals surface area contributed by atoms with Crippen LogP contribution in [0.5, 0.6) is 5.75 Å². The third-order valence-electron chi connectivity index (χ3n) is 4.85. The predicted molar refractivity (Wildman–Crippen MR) is 96.7 cm³/mol. The molecule has 2 N–H and O–H groups in total. The summed E-state index contributed by atoms with van der Waals surface area (Å²) in [6, 6.07) is 12.6. The van der Waals surface area contributed by atoms with Crippen molar-refractivity contribution in [3.63, 3.8) is 0 Å². The van der Waals surface area contributed by atoms with Gasteiger partial charge in [-0.25, -0.2) is 0 Å². The molecule has 1 aromatic heterocycles. The Hall–Kier alpha value is -1.91. The lowest BCUT2D eigenvalue weighted by molar-refractivity contribution is 0.0898. The van der Waals surface area contributed by atoms with Gasteiger partial charge in [-0.1, -0.05) is 32.0 Å². The minimum atomic E-state index is 0.186. The molecule has 0 amide bonds. The lowest BCUT2D eigenvalue weighted by Gasteiger charge is -2.42. The average molecular weight is 325 g/mol. The third-order valence-corrected chi connectivity index (χ3v) is 4.85. The fourth-order valence-corrected chi connectivity index (χ4v) is 3.22. The van der Waals surface area contributed by atoms with Gasteiger partial charge in [0.1, 0.15) is 12.4 Å². The van der Waals surface area contributed by atoms with Crippen LogP contribution in [0.3, 0.4) is 0 Å².